The number of hydrogen-bond acceptors (Lipinski definition) is 2. The first kappa shape index (κ1) is 15.8. The van der Waals surface area contributed by atoms with Crippen LogP contribution in [-0.4, -0.2) is 17.1 Å². The van der Waals surface area contributed by atoms with Crippen molar-refractivity contribution in [3.8, 4) is 11.1 Å². The van der Waals surface area contributed by atoms with Crippen molar-refractivity contribution in [1.29, 1.82) is 0 Å². The highest BCUT2D eigenvalue weighted by atomic mass is 16.2. The maximum absolute atomic E-state index is 12.2. The van der Waals surface area contributed by atoms with Gasteiger partial charge in [0, 0.05) is 17.3 Å². The molecule has 0 spiro atoms. The summed E-state index contributed by atoms with van der Waals surface area (Å²) in [6, 6.07) is 25.5. The quantitative estimate of drug-likeness (QED) is 0.414. The standard InChI is InChI=1S/C22H17N3O/c26-22(19-9-7-18(8-10-19)17-4-2-1-3-5-17)25-24-15-16-6-11-21-20(14-16)12-13-23-21/h1-15,23H,(H,25,26). The molecule has 0 bridgehead atoms. The molecule has 0 aliphatic carbocycles. The van der Waals surface area contributed by atoms with E-state index in [1.54, 1.807) is 18.3 Å². The van der Waals surface area contributed by atoms with Crippen molar-refractivity contribution in [2.45, 2.75) is 0 Å². The number of fused-ring (bicyclic) bond motifs is 1. The fraction of sp³-hybridized carbons (Fsp3) is 0. The summed E-state index contributed by atoms with van der Waals surface area (Å²) in [6.07, 6.45) is 3.54. The number of nitrogens with one attached hydrogen (secondary N) is 2. The minimum absolute atomic E-state index is 0.233. The zero-order valence-corrected chi connectivity index (χ0v) is 14.0. The predicted molar refractivity (Wildman–Crippen MR) is 105 cm³/mol. The lowest BCUT2D eigenvalue weighted by molar-refractivity contribution is 0.0955. The maximum Gasteiger partial charge on any atom is 0.271 e. The Bertz CT molecular complexity index is 1060. The Morgan fingerprint density at radius 3 is 2.46 bits per heavy atom. The highest BCUT2D eigenvalue weighted by molar-refractivity contribution is 5.95. The van der Waals surface area contributed by atoms with Crippen molar-refractivity contribution in [3.63, 3.8) is 0 Å². The molecule has 0 aliphatic heterocycles. The Labute approximate surface area is 151 Å². The molecule has 0 radical (unpaired) electrons. The fourth-order valence-corrected chi connectivity index (χ4v) is 2.83. The van der Waals surface area contributed by atoms with E-state index in [4.69, 9.17) is 0 Å². The summed E-state index contributed by atoms with van der Waals surface area (Å²) in [4.78, 5) is 15.4. The smallest absolute Gasteiger partial charge is 0.271 e. The average molecular weight is 339 g/mol. The summed E-state index contributed by atoms with van der Waals surface area (Å²) in [7, 11) is 0. The van der Waals surface area contributed by atoms with Gasteiger partial charge in [-0.25, -0.2) is 5.43 Å². The minimum Gasteiger partial charge on any atom is -0.361 e. The Morgan fingerprint density at radius 1 is 0.885 bits per heavy atom. The lowest BCUT2D eigenvalue weighted by Gasteiger charge is -2.03. The van der Waals surface area contributed by atoms with Crippen LogP contribution < -0.4 is 5.43 Å². The van der Waals surface area contributed by atoms with Gasteiger partial charge in [-0.2, -0.15) is 5.10 Å². The van der Waals surface area contributed by atoms with Crippen LogP contribution in [0.25, 0.3) is 22.0 Å². The number of rotatable bonds is 4. The fourth-order valence-electron chi connectivity index (χ4n) is 2.83. The van der Waals surface area contributed by atoms with Crippen LogP contribution in [0.3, 0.4) is 0 Å². The Kier molecular flexibility index (Phi) is 4.31. The topological polar surface area (TPSA) is 57.2 Å². The van der Waals surface area contributed by atoms with E-state index in [0.29, 0.717) is 5.56 Å². The number of benzene rings is 3. The monoisotopic (exact) mass is 339 g/mol. The van der Waals surface area contributed by atoms with Gasteiger partial charge in [-0.05, 0) is 52.4 Å². The Hall–Kier alpha value is -3.66. The van der Waals surface area contributed by atoms with Crippen LogP contribution in [0.15, 0.2) is 90.2 Å². The van der Waals surface area contributed by atoms with E-state index < -0.39 is 0 Å². The molecule has 26 heavy (non-hydrogen) atoms. The molecule has 1 aromatic heterocycles. The van der Waals surface area contributed by atoms with Crippen LogP contribution in [0.5, 0.6) is 0 Å². The molecule has 0 aliphatic rings. The summed E-state index contributed by atoms with van der Waals surface area (Å²) in [5.74, 6) is -0.233. The lowest BCUT2D eigenvalue weighted by atomic mass is 10.0. The van der Waals surface area contributed by atoms with Gasteiger partial charge < -0.3 is 4.98 Å². The summed E-state index contributed by atoms with van der Waals surface area (Å²) in [5.41, 5.74) is 7.34. The Morgan fingerprint density at radius 2 is 1.65 bits per heavy atom. The predicted octanol–water partition coefficient (Wildman–Crippen LogP) is 4.60. The van der Waals surface area contributed by atoms with Crippen LogP contribution in [0.2, 0.25) is 0 Å². The molecule has 0 saturated heterocycles. The van der Waals surface area contributed by atoms with Crippen LogP contribution in [0.4, 0.5) is 0 Å². The molecule has 126 valence electrons. The van der Waals surface area contributed by atoms with Gasteiger partial charge in [0.2, 0.25) is 0 Å². The van der Waals surface area contributed by atoms with Gasteiger partial charge in [0.1, 0.15) is 0 Å². The van der Waals surface area contributed by atoms with Gasteiger partial charge in [-0.15, -0.1) is 0 Å². The third kappa shape index (κ3) is 3.39. The molecule has 0 fully saturated rings. The first-order valence-electron chi connectivity index (χ1n) is 8.36. The second-order valence-corrected chi connectivity index (χ2v) is 5.97. The van der Waals surface area contributed by atoms with Gasteiger partial charge in [0.15, 0.2) is 0 Å². The molecule has 3 aromatic carbocycles. The van der Waals surface area contributed by atoms with Gasteiger partial charge >= 0.3 is 0 Å². The zero-order chi connectivity index (χ0) is 17.8. The van der Waals surface area contributed by atoms with Gasteiger partial charge in [-0.3, -0.25) is 4.79 Å². The third-order valence-electron chi connectivity index (χ3n) is 4.21. The van der Waals surface area contributed by atoms with E-state index >= 15 is 0 Å². The zero-order valence-electron chi connectivity index (χ0n) is 14.0. The van der Waals surface area contributed by atoms with E-state index in [-0.39, 0.29) is 5.91 Å². The first-order chi connectivity index (χ1) is 12.8. The van der Waals surface area contributed by atoms with E-state index in [0.717, 1.165) is 27.6 Å². The Balaban J connectivity index is 1.42. The first-order valence-corrected chi connectivity index (χ1v) is 8.36. The van der Waals surface area contributed by atoms with Crippen molar-refractivity contribution < 1.29 is 4.79 Å². The maximum atomic E-state index is 12.2. The largest absolute Gasteiger partial charge is 0.361 e. The summed E-state index contributed by atoms with van der Waals surface area (Å²) in [6.45, 7) is 0. The van der Waals surface area contributed by atoms with Crippen molar-refractivity contribution in [2.24, 2.45) is 5.10 Å². The highest BCUT2D eigenvalue weighted by Gasteiger charge is 2.04. The molecular formula is C22H17N3O. The number of aromatic nitrogens is 1. The van der Waals surface area contributed by atoms with Crippen molar-refractivity contribution >= 4 is 23.0 Å². The molecule has 0 atom stereocenters. The van der Waals surface area contributed by atoms with E-state index in [1.165, 1.54) is 0 Å². The minimum atomic E-state index is -0.233. The van der Waals surface area contributed by atoms with Crippen LogP contribution in [-0.2, 0) is 0 Å². The molecule has 4 rings (SSSR count). The summed E-state index contributed by atoms with van der Waals surface area (Å²) >= 11 is 0. The number of aromatic amines is 1. The van der Waals surface area contributed by atoms with Gasteiger partial charge in [-0.1, -0.05) is 48.5 Å². The molecule has 1 heterocycles. The number of nitrogens with zero attached hydrogens (tertiary/aromatic N) is 1. The molecule has 0 saturated carbocycles. The van der Waals surface area contributed by atoms with Crippen molar-refractivity contribution in [3.05, 3.63) is 96.2 Å². The van der Waals surface area contributed by atoms with Crippen LogP contribution in [0.1, 0.15) is 15.9 Å². The number of amides is 1. The van der Waals surface area contributed by atoms with Crippen molar-refractivity contribution in [2.75, 3.05) is 0 Å². The second-order valence-electron chi connectivity index (χ2n) is 5.97. The van der Waals surface area contributed by atoms with Gasteiger partial charge in [0.25, 0.3) is 5.91 Å². The number of hydrazone groups is 1. The van der Waals surface area contributed by atoms with E-state index in [2.05, 4.69) is 15.5 Å². The van der Waals surface area contributed by atoms with Crippen molar-refractivity contribution in [1.82, 2.24) is 10.4 Å². The normalized spacial score (nSPS) is 11.1. The van der Waals surface area contributed by atoms with E-state index in [9.17, 15) is 4.79 Å². The second kappa shape index (κ2) is 7.07. The summed E-state index contributed by atoms with van der Waals surface area (Å²) in [5, 5.41) is 5.16. The molecule has 4 nitrogen and oxygen atoms in total. The molecular weight excluding hydrogens is 322 g/mol. The third-order valence-corrected chi connectivity index (χ3v) is 4.21. The van der Waals surface area contributed by atoms with E-state index in [1.807, 2.05) is 72.9 Å². The van der Waals surface area contributed by atoms with Crippen LogP contribution in [0, 0.1) is 0 Å². The number of H-pyrrole nitrogens is 1. The number of carbonyl (C=O) groups is 1. The SMILES string of the molecule is O=C(NN=Cc1ccc2[nH]ccc2c1)c1ccc(-c2ccccc2)cc1. The van der Waals surface area contributed by atoms with Gasteiger partial charge in [0.05, 0.1) is 6.21 Å². The molecule has 2 N–H and O–H groups in total. The molecule has 4 heteroatoms. The number of hydrogen-bond donors (Lipinski definition) is 2. The molecule has 0 unspecified atom stereocenters. The lowest BCUT2D eigenvalue weighted by Crippen LogP contribution is -2.17. The summed E-state index contributed by atoms with van der Waals surface area (Å²) < 4.78 is 0. The van der Waals surface area contributed by atoms with Crippen LogP contribution >= 0.6 is 0 Å². The highest BCUT2D eigenvalue weighted by Crippen LogP contribution is 2.19. The molecule has 1 amide bonds. The number of carbonyl (C=O) groups excluding carboxylic acids is 1. The molecule has 4 aromatic rings. The average Bonchev–Trinajstić information content (AvgIpc) is 3.16.